The molecule has 0 saturated carbocycles. The first-order chi connectivity index (χ1) is 6.27. The second-order valence-corrected chi connectivity index (χ2v) is 3.17. The number of nitrogens with zero attached hydrogens (tertiary/aromatic N) is 1. The van der Waals surface area contributed by atoms with Crippen molar-refractivity contribution in [2.45, 2.75) is 6.42 Å². The molecule has 68 valence electrons. The molecule has 0 spiro atoms. The molecular weight excluding hydrogens is 190 g/mol. The van der Waals surface area contributed by atoms with Crippen molar-refractivity contribution >= 4 is 23.3 Å². The largest absolute Gasteiger partial charge is 0.341 e. The van der Waals surface area contributed by atoms with Crippen molar-refractivity contribution in [1.29, 1.82) is 0 Å². The van der Waals surface area contributed by atoms with Crippen LogP contribution < -0.4 is 5.06 Å². The van der Waals surface area contributed by atoms with E-state index in [0.29, 0.717) is 18.0 Å². The Bertz CT molecular complexity index is 340. The maximum absolute atomic E-state index is 10.8. The highest BCUT2D eigenvalue weighted by Gasteiger charge is 2.22. The van der Waals surface area contributed by atoms with Crippen molar-refractivity contribution in [3.8, 4) is 0 Å². The van der Waals surface area contributed by atoms with E-state index in [1.807, 2.05) is 18.2 Å². The molecule has 1 saturated heterocycles. The molecule has 1 aliphatic rings. The first-order valence-corrected chi connectivity index (χ1v) is 4.38. The standard InChI is InChI=1S/C9H8ClNO2/c10-7-3-1-2-4-8(7)11-6-5-9(12)13-11/h1-4H,5-6H2. The summed E-state index contributed by atoms with van der Waals surface area (Å²) >= 11 is 5.92. The molecule has 0 amide bonds. The van der Waals surface area contributed by atoms with Crippen molar-refractivity contribution < 1.29 is 9.63 Å². The first-order valence-electron chi connectivity index (χ1n) is 4.00. The van der Waals surface area contributed by atoms with Gasteiger partial charge in [-0.2, -0.15) is 0 Å². The topological polar surface area (TPSA) is 29.5 Å². The lowest BCUT2D eigenvalue weighted by molar-refractivity contribution is -0.139. The number of hydrogen-bond acceptors (Lipinski definition) is 3. The van der Waals surface area contributed by atoms with Gasteiger partial charge in [0, 0.05) is 0 Å². The van der Waals surface area contributed by atoms with Gasteiger partial charge in [-0.15, -0.1) is 0 Å². The first kappa shape index (κ1) is 8.38. The summed E-state index contributed by atoms with van der Waals surface area (Å²) in [5.41, 5.74) is 0.745. The normalized spacial score (nSPS) is 16.1. The lowest BCUT2D eigenvalue weighted by Crippen LogP contribution is -2.17. The van der Waals surface area contributed by atoms with Gasteiger partial charge in [0.25, 0.3) is 0 Å². The molecule has 0 aliphatic carbocycles. The van der Waals surface area contributed by atoms with E-state index in [4.69, 9.17) is 16.4 Å². The van der Waals surface area contributed by atoms with Gasteiger partial charge in [0.1, 0.15) is 0 Å². The summed E-state index contributed by atoms with van der Waals surface area (Å²) < 4.78 is 0. The third-order valence-corrected chi connectivity index (χ3v) is 2.17. The molecule has 13 heavy (non-hydrogen) atoms. The monoisotopic (exact) mass is 197 g/mol. The average Bonchev–Trinajstić information content (AvgIpc) is 2.53. The molecule has 0 atom stereocenters. The third-order valence-electron chi connectivity index (χ3n) is 1.85. The number of hydroxylamine groups is 1. The summed E-state index contributed by atoms with van der Waals surface area (Å²) in [6.45, 7) is 0.572. The van der Waals surface area contributed by atoms with Crippen LogP contribution in [0.3, 0.4) is 0 Å². The minimum Gasteiger partial charge on any atom is -0.341 e. The zero-order valence-electron chi connectivity index (χ0n) is 6.87. The Morgan fingerprint density at radius 1 is 1.38 bits per heavy atom. The van der Waals surface area contributed by atoms with Crippen LogP contribution in [-0.2, 0) is 9.63 Å². The highest BCUT2D eigenvalue weighted by Crippen LogP contribution is 2.27. The number of para-hydroxylation sites is 1. The van der Waals surface area contributed by atoms with E-state index in [2.05, 4.69) is 0 Å². The van der Waals surface area contributed by atoms with Crippen LogP contribution in [0.25, 0.3) is 0 Å². The van der Waals surface area contributed by atoms with Gasteiger partial charge < -0.3 is 4.84 Å². The van der Waals surface area contributed by atoms with Crippen molar-refractivity contribution in [1.82, 2.24) is 0 Å². The number of carbonyl (C=O) groups is 1. The molecule has 1 aromatic carbocycles. The molecule has 0 bridgehead atoms. The van der Waals surface area contributed by atoms with Crippen LogP contribution in [0.2, 0.25) is 5.02 Å². The molecule has 0 N–H and O–H groups in total. The average molecular weight is 198 g/mol. The highest BCUT2D eigenvalue weighted by molar-refractivity contribution is 6.33. The lowest BCUT2D eigenvalue weighted by Gasteiger charge is -2.15. The number of carbonyl (C=O) groups excluding carboxylic acids is 1. The molecule has 1 fully saturated rings. The summed E-state index contributed by atoms with van der Waals surface area (Å²) in [5.74, 6) is -0.208. The molecule has 0 radical (unpaired) electrons. The molecule has 2 rings (SSSR count). The second kappa shape index (κ2) is 3.26. The van der Waals surface area contributed by atoms with Crippen molar-refractivity contribution in [3.05, 3.63) is 29.3 Å². The van der Waals surface area contributed by atoms with E-state index < -0.39 is 0 Å². The summed E-state index contributed by atoms with van der Waals surface area (Å²) in [4.78, 5) is 15.8. The smallest absolute Gasteiger partial charge is 0.334 e. The fraction of sp³-hybridized carbons (Fsp3) is 0.222. The SMILES string of the molecule is O=C1CCN(c2ccccc2Cl)O1. The Balaban J connectivity index is 2.26. The summed E-state index contributed by atoms with van der Waals surface area (Å²) in [6, 6.07) is 7.28. The minimum absolute atomic E-state index is 0.208. The van der Waals surface area contributed by atoms with E-state index in [-0.39, 0.29) is 5.97 Å². The van der Waals surface area contributed by atoms with Crippen molar-refractivity contribution in [2.75, 3.05) is 11.6 Å². The van der Waals surface area contributed by atoms with E-state index in [9.17, 15) is 4.79 Å². The number of halogens is 1. The fourth-order valence-electron chi connectivity index (χ4n) is 1.23. The second-order valence-electron chi connectivity index (χ2n) is 2.77. The Kier molecular flexibility index (Phi) is 2.10. The highest BCUT2D eigenvalue weighted by atomic mass is 35.5. The molecule has 0 unspecified atom stereocenters. The van der Waals surface area contributed by atoms with E-state index >= 15 is 0 Å². The number of rotatable bonds is 1. The Morgan fingerprint density at radius 2 is 2.15 bits per heavy atom. The van der Waals surface area contributed by atoms with E-state index in [1.54, 1.807) is 6.07 Å². The molecule has 1 aromatic rings. The van der Waals surface area contributed by atoms with Gasteiger partial charge in [-0.3, -0.25) is 0 Å². The zero-order valence-corrected chi connectivity index (χ0v) is 7.62. The van der Waals surface area contributed by atoms with Gasteiger partial charge in [-0.05, 0) is 12.1 Å². The van der Waals surface area contributed by atoms with Gasteiger partial charge in [0.15, 0.2) is 0 Å². The zero-order chi connectivity index (χ0) is 9.26. The fourth-order valence-corrected chi connectivity index (χ4v) is 1.46. The van der Waals surface area contributed by atoms with Gasteiger partial charge in [-0.1, -0.05) is 23.7 Å². The van der Waals surface area contributed by atoms with Crippen molar-refractivity contribution in [3.63, 3.8) is 0 Å². The lowest BCUT2D eigenvalue weighted by atomic mass is 10.3. The Hall–Kier alpha value is -1.22. The Labute approximate surface area is 80.8 Å². The third kappa shape index (κ3) is 1.60. The summed E-state index contributed by atoms with van der Waals surface area (Å²) in [5, 5.41) is 2.11. The maximum atomic E-state index is 10.8. The predicted octanol–water partition coefficient (Wildman–Crippen LogP) is 2.01. The number of hydrogen-bond donors (Lipinski definition) is 0. The van der Waals surface area contributed by atoms with Gasteiger partial charge in [0.2, 0.25) is 0 Å². The van der Waals surface area contributed by atoms with Crippen LogP contribution in [0.1, 0.15) is 6.42 Å². The van der Waals surface area contributed by atoms with Crippen LogP contribution in [0.4, 0.5) is 5.69 Å². The van der Waals surface area contributed by atoms with Gasteiger partial charge >= 0.3 is 5.97 Å². The Morgan fingerprint density at radius 3 is 2.77 bits per heavy atom. The van der Waals surface area contributed by atoms with Crippen LogP contribution in [-0.4, -0.2) is 12.5 Å². The van der Waals surface area contributed by atoms with Crippen LogP contribution in [0.15, 0.2) is 24.3 Å². The molecule has 3 nitrogen and oxygen atoms in total. The van der Waals surface area contributed by atoms with Crippen LogP contribution in [0.5, 0.6) is 0 Å². The minimum atomic E-state index is -0.208. The van der Waals surface area contributed by atoms with E-state index in [1.165, 1.54) is 5.06 Å². The number of anilines is 1. The van der Waals surface area contributed by atoms with Crippen LogP contribution >= 0.6 is 11.6 Å². The predicted molar refractivity (Wildman–Crippen MR) is 49.5 cm³/mol. The number of benzene rings is 1. The quantitative estimate of drug-likeness (QED) is 0.690. The van der Waals surface area contributed by atoms with Crippen molar-refractivity contribution in [2.24, 2.45) is 0 Å². The molecule has 4 heteroatoms. The van der Waals surface area contributed by atoms with Gasteiger partial charge in [0.05, 0.1) is 23.7 Å². The van der Waals surface area contributed by atoms with Crippen LogP contribution in [0, 0.1) is 0 Å². The summed E-state index contributed by atoms with van der Waals surface area (Å²) in [6.07, 6.45) is 0.422. The van der Waals surface area contributed by atoms with Gasteiger partial charge in [-0.25, -0.2) is 9.86 Å². The maximum Gasteiger partial charge on any atom is 0.334 e. The molecule has 0 aromatic heterocycles. The van der Waals surface area contributed by atoms with E-state index in [0.717, 1.165) is 5.69 Å². The molecule has 1 aliphatic heterocycles. The molecular formula is C9H8ClNO2. The molecule has 1 heterocycles. The summed E-state index contributed by atoms with van der Waals surface area (Å²) in [7, 11) is 0.